The first kappa shape index (κ1) is 13.6. The van der Waals surface area contributed by atoms with Crippen molar-refractivity contribution >= 4 is 0 Å². The van der Waals surface area contributed by atoms with E-state index in [1.807, 2.05) is 13.8 Å². The second-order valence-corrected chi connectivity index (χ2v) is 4.50. The number of rotatable bonds is 4. The van der Waals surface area contributed by atoms with Gasteiger partial charge in [-0.05, 0) is 24.1 Å². The summed E-state index contributed by atoms with van der Waals surface area (Å²) in [6, 6.07) is 3.08. The first-order chi connectivity index (χ1) is 9.02. The van der Waals surface area contributed by atoms with Crippen LogP contribution in [0.4, 0.5) is 8.78 Å². The molecule has 19 heavy (non-hydrogen) atoms. The molecule has 0 radical (unpaired) electrons. The second kappa shape index (κ2) is 5.44. The maximum absolute atomic E-state index is 13.1. The molecule has 102 valence electrons. The van der Waals surface area contributed by atoms with Gasteiger partial charge in [0.1, 0.15) is 0 Å². The minimum atomic E-state index is -0.949. The summed E-state index contributed by atoms with van der Waals surface area (Å²) < 4.78 is 31.0. The van der Waals surface area contributed by atoms with Gasteiger partial charge in [-0.1, -0.05) is 25.4 Å². The van der Waals surface area contributed by atoms with E-state index in [4.69, 9.17) is 10.3 Å². The third-order valence-electron chi connectivity index (χ3n) is 3.16. The molecular formula is C13H15F2N3O. The normalized spacial score (nSPS) is 14.4. The largest absolute Gasteiger partial charge is 0.337 e. The maximum Gasteiger partial charge on any atom is 0.244 e. The summed E-state index contributed by atoms with van der Waals surface area (Å²) in [6.07, 6.45) is 0.879. The van der Waals surface area contributed by atoms with E-state index in [0.717, 1.165) is 18.6 Å². The van der Waals surface area contributed by atoms with E-state index in [0.29, 0.717) is 11.5 Å². The highest BCUT2D eigenvalue weighted by Crippen LogP contribution is 2.24. The molecule has 0 bridgehead atoms. The first-order valence-corrected chi connectivity index (χ1v) is 6.07. The van der Waals surface area contributed by atoms with Crippen LogP contribution in [0.25, 0.3) is 11.4 Å². The molecule has 0 spiro atoms. The minimum Gasteiger partial charge on any atom is -0.337 e. The summed E-state index contributed by atoms with van der Waals surface area (Å²) in [6.45, 7) is 3.99. The Morgan fingerprint density at radius 1 is 1.32 bits per heavy atom. The number of halogens is 2. The summed E-state index contributed by atoms with van der Waals surface area (Å²) in [5, 5.41) is 3.74. The summed E-state index contributed by atoms with van der Waals surface area (Å²) in [5.41, 5.74) is 6.32. The minimum absolute atomic E-state index is 0.193. The molecule has 0 aliphatic rings. The number of nitrogens with zero attached hydrogens (tertiary/aromatic N) is 2. The zero-order chi connectivity index (χ0) is 14.0. The highest BCUT2D eigenvalue weighted by Gasteiger charge is 2.20. The van der Waals surface area contributed by atoms with E-state index in [2.05, 4.69) is 10.1 Å². The summed E-state index contributed by atoms with van der Waals surface area (Å²) in [4.78, 5) is 4.13. The van der Waals surface area contributed by atoms with Crippen LogP contribution in [-0.2, 0) is 0 Å². The molecule has 2 N–H and O–H groups in total. The van der Waals surface area contributed by atoms with E-state index in [1.165, 1.54) is 6.07 Å². The molecule has 1 aromatic carbocycles. The molecule has 2 rings (SSSR count). The lowest BCUT2D eigenvalue weighted by Gasteiger charge is -2.12. The summed E-state index contributed by atoms with van der Waals surface area (Å²) >= 11 is 0. The van der Waals surface area contributed by atoms with Crippen molar-refractivity contribution in [2.24, 2.45) is 11.7 Å². The average Bonchev–Trinajstić information content (AvgIpc) is 2.89. The van der Waals surface area contributed by atoms with Crippen LogP contribution in [0.2, 0.25) is 0 Å². The lowest BCUT2D eigenvalue weighted by molar-refractivity contribution is 0.312. The van der Waals surface area contributed by atoms with Gasteiger partial charge in [-0.2, -0.15) is 4.98 Å². The third-order valence-corrected chi connectivity index (χ3v) is 3.16. The average molecular weight is 267 g/mol. The molecule has 2 atom stereocenters. The molecule has 0 amide bonds. The van der Waals surface area contributed by atoms with Gasteiger partial charge >= 0.3 is 0 Å². The predicted octanol–water partition coefficient (Wildman–Crippen LogP) is 3.06. The Morgan fingerprint density at radius 2 is 2.05 bits per heavy atom. The quantitative estimate of drug-likeness (QED) is 0.924. The number of hydrogen-bond acceptors (Lipinski definition) is 4. The number of aromatic nitrogens is 2. The lowest BCUT2D eigenvalue weighted by atomic mass is 10.0. The molecule has 0 aliphatic heterocycles. The molecule has 0 unspecified atom stereocenters. The van der Waals surface area contributed by atoms with Crippen molar-refractivity contribution in [3.63, 3.8) is 0 Å². The molecule has 0 aliphatic carbocycles. The van der Waals surface area contributed by atoms with Crippen molar-refractivity contribution in [1.29, 1.82) is 0 Å². The molecular weight excluding hydrogens is 252 g/mol. The molecule has 4 nitrogen and oxygen atoms in total. The highest BCUT2D eigenvalue weighted by molar-refractivity contribution is 5.54. The fourth-order valence-electron chi connectivity index (χ4n) is 1.62. The fraction of sp³-hybridized carbons (Fsp3) is 0.385. The van der Waals surface area contributed by atoms with Crippen LogP contribution >= 0.6 is 0 Å². The first-order valence-electron chi connectivity index (χ1n) is 6.07. The van der Waals surface area contributed by atoms with Gasteiger partial charge in [0.15, 0.2) is 11.6 Å². The Balaban J connectivity index is 2.27. The van der Waals surface area contributed by atoms with E-state index in [1.54, 1.807) is 0 Å². The molecule has 0 fully saturated rings. The van der Waals surface area contributed by atoms with Gasteiger partial charge in [0.2, 0.25) is 11.7 Å². The lowest BCUT2D eigenvalue weighted by Crippen LogP contribution is -2.18. The standard InChI is InChI=1S/C13H15F2N3O/c1-3-7(2)11(16)13-17-12(18-19-13)8-4-5-9(14)10(15)6-8/h4-7,11H,3,16H2,1-2H3/t7-,11-/m0/s1. The van der Waals surface area contributed by atoms with Crippen molar-refractivity contribution in [2.45, 2.75) is 26.3 Å². The molecule has 2 aromatic rings. The Bertz CT molecular complexity index is 571. The van der Waals surface area contributed by atoms with E-state index in [9.17, 15) is 8.78 Å². The van der Waals surface area contributed by atoms with E-state index < -0.39 is 11.6 Å². The molecule has 1 heterocycles. The zero-order valence-electron chi connectivity index (χ0n) is 10.7. The van der Waals surface area contributed by atoms with Gasteiger partial charge in [-0.3, -0.25) is 0 Å². The molecule has 0 saturated carbocycles. The van der Waals surface area contributed by atoms with Gasteiger partial charge < -0.3 is 10.3 Å². The number of hydrogen-bond donors (Lipinski definition) is 1. The van der Waals surface area contributed by atoms with Crippen molar-refractivity contribution in [1.82, 2.24) is 10.1 Å². The fourth-order valence-corrected chi connectivity index (χ4v) is 1.62. The Morgan fingerprint density at radius 3 is 2.68 bits per heavy atom. The van der Waals surface area contributed by atoms with Crippen molar-refractivity contribution in [3.8, 4) is 11.4 Å². The Hall–Kier alpha value is -1.82. The van der Waals surface area contributed by atoms with Crippen molar-refractivity contribution < 1.29 is 13.3 Å². The van der Waals surface area contributed by atoms with Crippen LogP contribution in [0.15, 0.2) is 22.7 Å². The number of nitrogens with two attached hydrogens (primary N) is 1. The van der Waals surface area contributed by atoms with Crippen LogP contribution in [0.3, 0.4) is 0 Å². The topological polar surface area (TPSA) is 64.9 Å². The molecule has 0 saturated heterocycles. The van der Waals surface area contributed by atoms with Gasteiger partial charge in [0.25, 0.3) is 0 Å². The highest BCUT2D eigenvalue weighted by atomic mass is 19.2. The smallest absolute Gasteiger partial charge is 0.244 e. The summed E-state index contributed by atoms with van der Waals surface area (Å²) in [7, 11) is 0. The van der Waals surface area contributed by atoms with Crippen LogP contribution in [0.5, 0.6) is 0 Å². The third kappa shape index (κ3) is 2.78. The molecule has 1 aromatic heterocycles. The predicted molar refractivity (Wildman–Crippen MR) is 66.0 cm³/mol. The van der Waals surface area contributed by atoms with Gasteiger partial charge in [-0.15, -0.1) is 0 Å². The number of benzene rings is 1. The Kier molecular flexibility index (Phi) is 3.90. The van der Waals surface area contributed by atoms with E-state index in [-0.39, 0.29) is 17.8 Å². The van der Waals surface area contributed by atoms with Gasteiger partial charge in [0.05, 0.1) is 6.04 Å². The van der Waals surface area contributed by atoms with Gasteiger partial charge in [0, 0.05) is 5.56 Å². The van der Waals surface area contributed by atoms with Crippen molar-refractivity contribution in [2.75, 3.05) is 0 Å². The van der Waals surface area contributed by atoms with Crippen LogP contribution in [0.1, 0.15) is 32.2 Å². The molecule has 6 heteroatoms. The zero-order valence-corrected chi connectivity index (χ0v) is 10.7. The van der Waals surface area contributed by atoms with Crippen LogP contribution < -0.4 is 5.73 Å². The maximum atomic E-state index is 13.1. The van der Waals surface area contributed by atoms with Crippen LogP contribution in [0, 0.1) is 17.6 Å². The SMILES string of the molecule is CC[C@H](C)[C@H](N)c1nc(-c2ccc(F)c(F)c2)no1. The summed E-state index contributed by atoms with van der Waals surface area (Å²) in [5.74, 6) is -1.17. The van der Waals surface area contributed by atoms with Crippen LogP contribution in [-0.4, -0.2) is 10.1 Å². The van der Waals surface area contributed by atoms with E-state index >= 15 is 0 Å². The van der Waals surface area contributed by atoms with Gasteiger partial charge in [-0.25, -0.2) is 8.78 Å². The Labute approximate surface area is 109 Å². The van der Waals surface area contributed by atoms with Crippen molar-refractivity contribution in [3.05, 3.63) is 35.7 Å². The monoisotopic (exact) mass is 267 g/mol. The second-order valence-electron chi connectivity index (χ2n) is 4.50.